The minimum atomic E-state index is -0.450. The number of methoxy groups -OCH3 is 1. The first-order valence-electron chi connectivity index (χ1n) is 6.02. The van der Waals surface area contributed by atoms with Crippen LogP contribution in [0.5, 0.6) is 5.75 Å². The zero-order chi connectivity index (χ0) is 14.7. The summed E-state index contributed by atoms with van der Waals surface area (Å²) in [5.41, 5.74) is 8.13. The largest absolute Gasteiger partial charge is 0.495 e. The van der Waals surface area contributed by atoms with E-state index in [1.165, 1.54) is 6.07 Å². The Hall–Kier alpha value is -2.14. The Labute approximate surface area is 122 Å². The van der Waals surface area contributed by atoms with Crippen LogP contribution in [-0.2, 0) is 0 Å². The van der Waals surface area contributed by atoms with Crippen molar-refractivity contribution in [1.29, 1.82) is 0 Å². The lowest BCUT2D eigenvalue weighted by molar-refractivity contribution is 0.416. The summed E-state index contributed by atoms with van der Waals surface area (Å²) < 4.78 is 19.1. The van der Waals surface area contributed by atoms with Crippen LogP contribution < -0.4 is 15.8 Å². The van der Waals surface area contributed by atoms with Crippen molar-refractivity contribution in [1.82, 2.24) is 0 Å². The summed E-state index contributed by atoms with van der Waals surface area (Å²) >= 11 is 4.78. The zero-order valence-corrected chi connectivity index (χ0v) is 12.1. The van der Waals surface area contributed by atoms with Gasteiger partial charge in [-0.05, 0) is 42.8 Å². The van der Waals surface area contributed by atoms with E-state index in [0.717, 1.165) is 11.3 Å². The molecule has 0 aliphatic rings. The molecule has 0 spiro atoms. The van der Waals surface area contributed by atoms with Crippen LogP contribution in [0.1, 0.15) is 11.1 Å². The fourth-order valence-corrected chi connectivity index (χ4v) is 2.03. The number of benzene rings is 2. The lowest BCUT2D eigenvalue weighted by atomic mass is 10.1. The molecule has 0 heterocycles. The summed E-state index contributed by atoms with van der Waals surface area (Å²) in [5, 5.41) is 3.12. The highest BCUT2D eigenvalue weighted by atomic mass is 32.1. The minimum Gasteiger partial charge on any atom is -0.495 e. The van der Waals surface area contributed by atoms with Gasteiger partial charge in [0.05, 0.1) is 12.8 Å². The van der Waals surface area contributed by atoms with Crippen LogP contribution in [-0.4, -0.2) is 12.1 Å². The molecule has 3 nitrogen and oxygen atoms in total. The Morgan fingerprint density at radius 1 is 1.25 bits per heavy atom. The summed E-state index contributed by atoms with van der Waals surface area (Å²) in [6.07, 6.45) is 0. The number of ether oxygens (including phenoxy) is 1. The molecule has 0 radical (unpaired) electrons. The summed E-state index contributed by atoms with van der Waals surface area (Å²) in [6.45, 7) is 1.97. The molecule has 0 unspecified atom stereocenters. The second kappa shape index (κ2) is 5.88. The van der Waals surface area contributed by atoms with Crippen LogP contribution in [0.25, 0.3) is 0 Å². The van der Waals surface area contributed by atoms with Crippen molar-refractivity contribution in [3.63, 3.8) is 0 Å². The SMILES string of the molecule is COc1ccc(C)cc1Nc1ccc(C(N)=S)c(F)c1. The van der Waals surface area contributed by atoms with Crippen molar-refractivity contribution < 1.29 is 9.13 Å². The molecule has 2 aromatic rings. The third kappa shape index (κ3) is 3.05. The van der Waals surface area contributed by atoms with Crippen molar-refractivity contribution in [2.24, 2.45) is 5.73 Å². The molecule has 104 valence electrons. The normalized spacial score (nSPS) is 10.2. The highest BCUT2D eigenvalue weighted by molar-refractivity contribution is 7.80. The van der Waals surface area contributed by atoms with Gasteiger partial charge in [0.25, 0.3) is 0 Å². The second-order valence-electron chi connectivity index (χ2n) is 4.39. The molecular formula is C15H15FN2OS. The first kappa shape index (κ1) is 14.3. The number of thiocarbonyl (C=S) groups is 1. The predicted octanol–water partition coefficient (Wildman–Crippen LogP) is 3.52. The maximum atomic E-state index is 13.8. The number of nitrogens with one attached hydrogen (secondary N) is 1. The topological polar surface area (TPSA) is 47.3 Å². The Balaban J connectivity index is 2.33. The summed E-state index contributed by atoms with van der Waals surface area (Å²) in [7, 11) is 1.59. The average molecular weight is 290 g/mol. The third-order valence-electron chi connectivity index (χ3n) is 2.87. The van der Waals surface area contributed by atoms with Gasteiger partial charge in [0.15, 0.2) is 0 Å². The second-order valence-corrected chi connectivity index (χ2v) is 4.83. The molecule has 2 aromatic carbocycles. The molecular weight excluding hydrogens is 275 g/mol. The van der Waals surface area contributed by atoms with E-state index in [2.05, 4.69) is 5.32 Å². The van der Waals surface area contributed by atoms with Gasteiger partial charge in [-0.1, -0.05) is 18.3 Å². The smallest absolute Gasteiger partial charge is 0.142 e. The van der Waals surface area contributed by atoms with Gasteiger partial charge in [0.2, 0.25) is 0 Å². The number of aryl methyl sites for hydroxylation is 1. The van der Waals surface area contributed by atoms with E-state index in [0.29, 0.717) is 11.4 Å². The molecule has 0 aromatic heterocycles. The third-order valence-corrected chi connectivity index (χ3v) is 3.09. The van der Waals surface area contributed by atoms with Crippen molar-refractivity contribution >= 4 is 28.6 Å². The van der Waals surface area contributed by atoms with Gasteiger partial charge in [-0.25, -0.2) is 4.39 Å². The molecule has 0 amide bonds. The first-order chi connectivity index (χ1) is 9.51. The van der Waals surface area contributed by atoms with Crippen molar-refractivity contribution in [2.75, 3.05) is 12.4 Å². The van der Waals surface area contributed by atoms with E-state index >= 15 is 0 Å². The summed E-state index contributed by atoms with van der Waals surface area (Å²) in [6, 6.07) is 10.4. The molecule has 0 bridgehead atoms. The van der Waals surface area contributed by atoms with Gasteiger partial charge in [0, 0.05) is 11.3 Å². The van der Waals surface area contributed by atoms with Crippen molar-refractivity contribution in [3.05, 3.63) is 53.3 Å². The minimum absolute atomic E-state index is 0.0437. The quantitative estimate of drug-likeness (QED) is 0.846. The van der Waals surface area contributed by atoms with Crippen LogP contribution in [0, 0.1) is 12.7 Å². The van der Waals surface area contributed by atoms with Gasteiger partial charge < -0.3 is 15.8 Å². The van der Waals surface area contributed by atoms with Crippen LogP contribution in [0.2, 0.25) is 0 Å². The first-order valence-corrected chi connectivity index (χ1v) is 6.43. The van der Waals surface area contributed by atoms with E-state index in [-0.39, 0.29) is 10.6 Å². The predicted molar refractivity (Wildman–Crippen MR) is 83.3 cm³/mol. The fraction of sp³-hybridized carbons (Fsp3) is 0.133. The average Bonchev–Trinajstić information content (AvgIpc) is 2.38. The van der Waals surface area contributed by atoms with Gasteiger partial charge in [-0.2, -0.15) is 0 Å². The molecule has 0 aliphatic heterocycles. The molecule has 0 fully saturated rings. The maximum absolute atomic E-state index is 13.8. The zero-order valence-electron chi connectivity index (χ0n) is 11.2. The monoisotopic (exact) mass is 290 g/mol. The standard InChI is InChI=1S/C15H15FN2OS/c1-9-3-6-14(19-2)13(7-9)18-10-4-5-11(15(17)20)12(16)8-10/h3-8,18H,1-2H3,(H2,17,20). The molecule has 0 saturated heterocycles. The van der Waals surface area contributed by atoms with Crippen LogP contribution in [0.15, 0.2) is 36.4 Å². The number of hydrogen-bond donors (Lipinski definition) is 2. The number of anilines is 2. The molecule has 2 rings (SSSR count). The van der Waals surface area contributed by atoms with Crippen LogP contribution >= 0.6 is 12.2 Å². The highest BCUT2D eigenvalue weighted by Gasteiger charge is 2.08. The summed E-state index contributed by atoms with van der Waals surface area (Å²) in [4.78, 5) is 0.0437. The Bertz CT molecular complexity index is 658. The van der Waals surface area contributed by atoms with Crippen molar-refractivity contribution in [2.45, 2.75) is 6.92 Å². The number of nitrogens with two attached hydrogens (primary N) is 1. The Kier molecular flexibility index (Phi) is 4.20. The van der Waals surface area contributed by atoms with E-state index in [1.807, 2.05) is 25.1 Å². The van der Waals surface area contributed by atoms with Crippen LogP contribution in [0.4, 0.5) is 15.8 Å². The maximum Gasteiger partial charge on any atom is 0.142 e. The number of hydrogen-bond acceptors (Lipinski definition) is 3. The molecule has 20 heavy (non-hydrogen) atoms. The molecule has 5 heteroatoms. The molecule has 3 N–H and O–H groups in total. The number of rotatable bonds is 4. The summed E-state index contributed by atoms with van der Waals surface area (Å²) in [5.74, 6) is 0.239. The lowest BCUT2D eigenvalue weighted by Gasteiger charge is -2.12. The molecule has 0 aliphatic carbocycles. The molecule has 0 saturated carbocycles. The van der Waals surface area contributed by atoms with Gasteiger partial charge in [-0.3, -0.25) is 0 Å². The van der Waals surface area contributed by atoms with Gasteiger partial charge >= 0.3 is 0 Å². The lowest BCUT2D eigenvalue weighted by Crippen LogP contribution is -2.11. The Morgan fingerprint density at radius 3 is 2.60 bits per heavy atom. The van der Waals surface area contributed by atoms with E-state index < -0.39 is 5.82 Å². The van der Waals surface area contributed by atoms with Gasteiger partial charge in [-0.15, -0.1) is 0 Å². The van der Waals surface area contributed by atoms with E-state index in [9.17, 15) is 4.39 Å². The van der Waals surface area contributed by atoms with Crippen molar-refractivity contribution in [3.8, 4) is 5.75 Å². The van der Waals surface area contributed by atoms with E-state index in [1.54, 1.807) is 19.2 Å². The van der Waals surface area contributed by atoms with Gasteiger partial charge in [0.1, 0.15) is 16.6 Å². The fourth-order valence-electron chi connectivity index (χ4n) is 1.87. The molecule has 0 atom stereocenters. The van der Waals surface area contributed by atoms with E-state index in [4.69, 9.17) is 22.7 Å². The van der Waals surface area contributed by atoms with Crippen LogP contribution in [0.3, 0.4) is 0 Å². The Morgan fingerprint density at radius 2 is 2.00 bits per heavy atom. The number of halogens is 1. The highest BCUT2D eigenvalue weighted by Crippen LogP contribution is 2.29.